The average molecular weight is 272 g/mol. The number of hydrogen-bond donors (Lipinski definition) is 0. The van der Waals surface area contributed by atoms with Crippen molar-refractivity contribution in [1.29, 1.82) is 0 Å². The summed E-state index contributed by atoms with van der Waals surface area (Å²) in [6.45, 7) is 6.56. The summed E-state index contributed by atoms with van der Waals surface area (Å²) >= 11 is 0. The third-order valence-corrected chi connectivity index (χ3v) is 4.26. The Balaban J connectivity index is 2.26. The zero-order valence-electron chi connectivity index (χ0n) is 12.9. The van der Waals surface area contributed by atoms with Gasteiger partial charge in [-0.05, 0) is 59.7 Å². The summed E-state index contributed by atoms with van der Waals surface area (Å²) in [6, 6.07) is 23.8. The molecule has 3 rings (SSSR count). The minimum Gasteiger partial charge on any atom is -0.0620 e. The topological polar surface area (TPSA) is 0 Å². The van der Waals surface area contributed by atoms with E-state index in [9.17, 15) is 0 Å². The van der Waals surface area contributed by atoms with Crippen LogP contribution in [0.3, 0.4) is 0 Å². The van der Waals surface area contributed by atoms with E-state index in [1.807, 2.05) is 0 Å². The van der Waals surface area contributed by atoms with Crippen LogP contribution in [0.5, 0.6) is 0 Å². The van der Waals surface area contributed by atoms with Crippen LogP contribution in [0.4, 0.5) is 0 Å². The molecule has 0 aliphatic heterocycles. The summed E-state index contributed by atoms with van der Waals surface area (Å²) in [4.78, 5) is 0. The fraction of sp³-hybridized carbons (Fsp3) is 0.143. The summed E-state index contributed by atoms with van der Waals surface area (Å²) < 4.78 is 0. The van der Waals surface area contributed by atoms with E-state index in [1.165, 1.54) is 38.9 Å². The molecule has 0 radical (unpaired) electrons. The van der Waals surface area contributed by atoms with Crippen LogP contribution in [0.1, 0.15) is 16.7 Å². The average Bonchev–Trinajstić information content (AvgIpc) is 2.51. The maximum absolute atomic E-state index is 2.23. The standard InChI is InChI=1S/C21H20/c1-15-10-8-14-19(17(15)3)21-13-7-6-12-20(21)18-11-5-4-9-16(18)2/h4-14H,1-3H3. The molecule has 21 heavy (non-hydrogen) atoms. The highest BCUT2D eigenvalue weighted by Crippen LogP contribution is 2.35. The number of benzene rings is 3. The van der Waals surface area contributed by atoms with Crippen LogP contribution in [0.25, 0.3) is 22.3 Å². The van der Waals surface area contributed by atoms with E-state index in [2.05, 4.69) is 87.5 Å². The highest BCUT2D eigenvalue weighted by atomic mass is 14.1. The van der Waals surface area contributed by atoms with Crippen molar-refractivity contribution in [3.05, 3.63) is 83.4 Å². The lowest BCUT2D eigenvalue weighted by molar-refractivity contribution is 1.34. The molecule has 3 aromatic carbocycles. The predicted octanol–water partition coefficient (Wildman–Crippen LogP) is 5.95. The molecule has 0 aliphatic carbocycles. The SMILES string of the molecule is Cc1ccccc1-c1ccccc1-c1cccc(C)c1C. The Morgan fingerprint density at radius 1 is 0.429 bits per heavy atom. The second kappa shape index (κ2) is 5.57. The van der Waals surface area contributed by atoms with Crippen molar-refractivity contribution in [1.82, 2.24) is 0 Å². The van der Waals surface area contributed by atoms with Crippen LogP contribution in [-0.4, -0.2) is 0 Å². The Bertz CT molecular complexity index is 782. The van der Waals surface area contributed by atoms with Crippen molar-refractivity contribution in [2.45, 2.75) is 20.8 Å². The fourth-order valence-corrected chi connectivity index (χ4v) is 2.87. The molecule has 0 aromatic heterocycles. The molecule has 0 atom stereocenters. The molecule has 0 nitrogen and oxygen atoms in total. The minimum atomic E-state index is 1.31. The van der Waals surface area contributed by atoms with E-state index >= 15 is 0 Å². The molecule has 0 amide bonds. The van der Waals surface area contributed by atoms with Gasteiger partial charge in [0.2, 0.25) is 0 Å². The van der Waals surface area contributed by atoms with Crippen LogP contribution >= 0.6 is 0 Å². The highest BCUT2D eigenvalue weighted by Gasteiger charge is 2.11. The van der Waals surface area contributed by atoms with Gasteiger partial charge in [0.15, 0.2) is 0 Å². The van der Waals surface area contributed by atoms with Crippen LogP contribution in [0.15, 0.2) is 66.7 Å². The normalized spacial score (nSPS) is 10.6. The van der Waals surface area contributed by atoms with E-state index in [1.54, 1.807) is 0 Å². The Labute approximate surface area is 127 Å². The van der Waals surface area contributed by atoms with Gasteiger partial charge in [0, 0.05) is 0 Å². The maximum Gasteiger partial charge on any atom is -0.0103 e. The first kappa shape index (κ1) is 13.6. The van der Waals surface area contributed by atoms with E-state index in [0.29, 0.717) is 0 Å². The predicted molar refractivity (Wildman–Crippen MR) is 91.5 cm³/mol. The molecule has 0 aliphatic rings. The molecule has 0 heteroatoms. The van der Waals surface area contributed by atoms with Gasteiger partial charge in [-0.1, -0.05) is 66.7 Å². The first-order valence-corrected chi connectivity index (χ1v) is 7.40. The Morgan fingerprint density at radius 2 is 0.905 bits per heavy atom. The Hall–Kier alpha value is -2.34. The van der Waals surface area contributed by atoms with Gasteiger partial charge in [-0.2, -0.15) is 0 Å². The van der Waals surface area contributed by atoms with E-state index in [4.69, 9.17) is 0 Å². The first-order valence-electron chi connectivity index (χ1n) is 7.40. The van der Waals surface area contributed by atoms with Crippen LogP contribution in [0.2, 0.25) is 0 Å². The number of hydrogen-bond acceptors (Lipinski definition) is 0. The quantitative estimate of drug-likeness (QED) is 0.541. The van der Waals surface area contributed by atoms with Crippen molar-refractivity contribution < 1.29 is 0 Å². The third-order valence-electron chi connectivity index (χ3n) is 4.26. The van der Waals surface area contributed by atoms with Gasteiger partial charge in [-0.15, -0.1) is 0 Å². The van der Waals surface area contributed by atoms with Gasteiger partial charge in [-0.3, -0.25) is 0 Å². The summed E-state index contributed by atoms with van der Waals surface area (Å²) in [6.07, 6.45) is 0. The monoisotopic (exact) mass is 272 g/mol. The molecule has 0 heterocycles. The van der Waals surface area contributed by atoms with Crippen LogP contribution in [0, 0.1) is 20.8 Å². The summed E-state index contributed by atoms with van der Waals surface area (Å²) in [7, 11) is 0. The van der Waals surface area contributed by atoms with Crippen molar-refractivity contribution >= 4 is 0 Å². The summed E-state index contributed by atoms with van der Waals surface area (Å²) in [5.41, 5.74) is 9.28. The molecule has 0 N–H and O–H groups in total. The zero-order valence-corrected chi connectivity index (χ0v) is 12.9. The van der Waals surface area contributed by atoms with Crippen molar-refractivity contribution in [2.24, 2.45) is 0 Å². The van der Waals surface area contributed by atoms with Gasteiger partial charge < -0.3 is 0 Å². The molecule has 0 saturated heterocycles. The minimum absolute atomic E-state index is 1.31. The maximum atomic E-state index is 2.23. The summed E-state index contributed by atoms with van der Waals surface area (Å²) in [5.74, 6) is 0. The van der Waals surface area contributed by atoms with Gasteiger partial charge in [-0.25, -0.2) is 0 Å². The van der Waals surface area contributed by atoms with Crippen molar-refractivity contribution in [3.63, 3.8) is 0 Å². The van der Waals surface area contributed by atoms with E-state index < -0.39 is 0 Å². The lowest BCUT2D eigenvalue weighted by Crippen LogP contribution is -1.91. The third kappa shape index (κ3) is 2.50. The smallest absolute Gasteiger partial charge is 0.0103 e. The molecule has 104 valence electrons. The van der Waals surface area contributed by atoms with E-state index in [0.717, 1.165) is 0 Å². The fourth-order valence-electron chi connectivity index (χ4n) is 2.87. The lowest BCUT2D eigenvalue weighted by atomic mass is 9.89. The largest absolute Gasteiger partial charge is 0.0620 e. The molecule has 0 saturated carbocycles. The molecule has 0 spiro atoms. The second-order valence-electron chi connectivity index (χ2n) is 5.61. The highest BCUT2D eigenvalue weighted by molar-refractivity contribution is 5.86. The molecular formula is C21H20. The molecule has 0 fully saturated rings. The molecule has 0 unspecified atom stereocenters. The molecular weight excluding hydrogens is 252 g/mol. The van der Waals surface area contributed by atoms with Crippen LogP contribution < -0.4 is 0 Å². The van der Waals surface area contributed by atoms with Gasteiger partial charge in [0.1, 0.15) is 0 Å². The lowest BCUT2D eigenvalue weighted by Gasteiger charge is -2.15. The van der Waals surface area contributed by atoms with Gasteiger partial charge >= 0.3 is 0 Å². The summed E-state index contributed by atoms with van der Waals surface area (Å²) in [5, 5.41) is 0. The van der Waals surface area contributed by atoms with Crippen molar-refractivity contribution in [3.8, 4) is 22.3 Å². The van der Waals surface area contributed by atoms with Gasteiger partial charge in [0.05, 0.1) is 0 Å². The van der Waals surface area contributed by atoms with Gasteiger partial charge in [0.25, 0.3) is 0 Å². The van der Waals surface area contributed by atoms with Crippen molar-refractivity contribution in [2.75, 3.05) is 0 Å². The second-order valence-corrected chi connectivity index (χ2v) is 5.61. The number of aryl methyl sites for hydroxylation is 2. The first-order chi connectivity index (χ1) is 10.2. The Morgan fingerprint density at radius 3 is 1.57 bits per heavy atom. The number of rotatable bonds is 2. The molecule has 3 aromatic rings. The molecule has 0 bridgehead atoms. The Kier molecular flexibility index (Phi) is 3.62. The van der Waals surface area contributed by atoms with Crippen LogP contribution in [-0.2, 0) is 0 Å². The zero-order chi connectivity index (χ0) is 14.8. The van der Waals surface area contributed by atoms with E-state index in [-0.39, 0.29) is 0 Å².